The normalized spacial score (nSPS) is 16.6. The third kappa shape index (κ3) is 5.66. The van der Waals surface area contributed by atoms with Crippen LogP contribution in [0, 0.1) is 0 Å². The number of amides is 1. The van der Waals surface area contributed by atoms with E-state index in [-0.39, 0.29) is 11.3 Å². The number of hydrogen-bond acceptors (Lipinski definition) is 7. The van der Waals surface area contributed by atoms with Crippen LogP contribution in [0.5, 0.6) is 17.2 Å². The van der Waals surface area contributed by atoms with Gasteiger partial charge in [-0.2, -0.15) is 0 Å². The molecule has 1 aliphatic heterocycles. The first-order valence-electron chi connectivity index (χ1n) is 12.8. The molecule has 1 saturated heterocycles. The molecule has 0 spiro atoms. The Morgan fingerprint density at radius 1 is 0.921 bits per heavy atom. The number of carbonyl (C=O) groups excluding carboxylic acids is 2. The number of hydrogen-bond donors (Lipinski definition) is 1. The predicted molar refractivity (Wildman–Crippen MR) is 142 cm³/mol. The minimum absolute atomic E-state index is 0.0356. The number of Topliss-reactive ketones (excluding diaryl/α,β-unsaturated/α-hetero) is 1. The van der Waals surface area contributed by atoms with Crippen LogP contribution in [0.15, 0.2) is 66.8 Å². The monoisotopic (exact) mass is 519 g/mol. The molecule has 38 heavy (non-hydrogen) atoms. The van der Waals surface area contributed by atoms with Gasteiger partial charge in [-0.3, -0.25) is 9.59 Å². The van der Waals surface area contributed by atoms with Gasteiger partial charge in [0.1, 0.15) is 11.5 Å². The second-order valence-electron chi connectivity index (χ2n) is 8.68. The molecule has 1 fully saturated rings. The number of aromatic nitrogens is 2. The summed E-state index contributed by atoms with van der Waals surface area (Å²) in [6.07, 6.45) is 5.84. The Morgan fingerprint density at radius 3 is 2.29 bits per heavy atom. The summed E-state index contributed by atoms with van der Waals surface area (Å²) >= 11 is 0. The first-order chi connectivity index (χ1) is 18.5. The SMILES string of the molecule is CCOc1ccc(C(O)=C2C(=O)C(=O)N(CCCn3ccnc3)[C@H]2c2ccc(OCC)c(OCC)c2)cc1. The minimum atomic E-state index is -0.792. The molecule has 2 heterocycles. The number of carbonyl (C=O) groups is 2. The molecule has 1 aromatic heterocycles. The third-order valence-corrected chi connectivity index (χ3v) is 6.24. The van der Waals surface area contributed by atoms with Crippen molar-refractivity contribution in [3.05, 3.63) is 77.9 Å². The van der Waals surface area contributed by atoms with Crippen molar-refractivity contribution in [2.24, 2.45) is 0 Å². The Morgan fingerprint density at radius 2 is 1.63 bits per heavy atom. The van der Waals surface area contributed by atoms with Crippen molar-refractivity contribution in [3.8, 4) is 17.2 Å². The summed E-state index contributed by atoms with van der Waals surface area (Å²) in [7, 11) is 0. The molecule has 1 aliphatic rings. The van der Waals surface area contributed by atoms with Gasteiger partial charge in [0, 0.05) is 31.0 Å². The molecule has 9 nitrogen and oxygen atoms in total. The van der Waals surface area contributed by atoms with Crippen LogP contribution in [-0.2, 0) is 16.1 Å². The Bertz CT molecular complexity index is 1280. The molecule has 0 unspecified atom stereocenters. The van der Waals surface area contributed by atoms with Crippen molar-refractivity contribution in [1.29, 1.82) is 0 Å². The average molecular weight is 520 g/mol. The molecule has 3 aromatic rings. The molecule has 0 aliphatic carbocycles. The molecule has 0 radical (unpaired) electrons. The topological polar surface area (TPSA) is 103 Å². The van der Waals surface area contributed by atoms with Gasteiger partial charge in [-0.15, -0.1) is 0 Å². The van der Waals surface area contributed by atoms with Gasteiger partial charge in [0.25, 0.3) is 11.7 Å². The van der Waals surface area contributed by atoms with Gasteiger partial charge in [-0.05, 0) is 69.2 Å². The van der Waals surface area contributed by atoms with Crippen molar-refractivity contribution in [1.82, 2.24) is 14.5 Å². The van der Waals surface area contributed by atoms with E-state index in [2.05, 4.69) is 4.98 Å². The number of likely N-dealkylation sites (tertiary alicyclic amines) is 1. The van der Waals surface area contributed by atoms with Crippen molar-refractivity contribution >= 4 is 17.4 Å². The fourth-order valence-corrected chi connectivity index (χ4v) is 4.57. The van der Waals surface area contributed by atoms with Crippen LogP contribution >= 0.6 is 0 Å². The van der Waals surface area contributed by atoms with E-state index in [1.165, 1.54) is 4.90 Å². The number of aliphatic hydroxyl groups is 1. The molecule has 1 amide bonds. The van der Waals surface area contributed by atoms with Gasteiger partial charge in [0.15, 0.2) is 11.5 Å². The number of ketones is 1. The molecule has 0 saturated carbocycles. The highest BCUT2D eigenvalue weighted by molar-refractivity contribution is 6.46. The summed E-state index contributed by atoms with van der Waals surface area (Å²) in [5, 5.41) is 11.3. The molecular formula is C29H33N3O6. The number of benzene rings is 2. The molecular weight excluding hydrogens is 486 g/mol. The highest BCUT2D eigenvalue weighted by atomic mass is 16.5. The van der Waals surface area contributed by atoms with Gasteiger partial charge >= 0.3 is 0 Å². The summed E-state index contributed by atoms with van der Waals surface area (Å²) in [6, 6.07) is 11.3. The second kappa shape index (κ2) is 12.3. The number of aryl methyl sites for hydroxylation is 1. The summed E-state index contributed by atoms with van der Waals surface area (Å²) in [4.78, 5) is 32.2. The molecule has 2 aromatic carbocycles. The molecule has 200 valence electrons. The van der Waals surface area contributed by atoms with Gasteiger partial charge in [-0.1, -0.05) is 6.07 Å². The standard InChI is InChI=1S/C29H33N3O6/c1-4-36-22-11-8-20(9-12-22)27(33)25-26(21-10-13-23(37-5-2)24(18-21)38-6-3)32(29(35)28(25)34)16-7-15-31-17-14-30-19-31/h8-14,17-19,26,33H,4-7,15-16H2,1-3H3/t26-/m0/s1. The molecule has 0 bridgehead atoms. The second-order valence-corrected chi connectivity index (χ2v) is 8.68. The molecule has 4 rings (SSSR count). The zero-order valence-corrected chi connectivity index (χ0v) is 21.9. The van der Waals surface area contributed by atoms with Crippen LogP contribution in [0.4, 0.5) is 0 Å². The van der Waals surface area contributed by atoms with Crippen molar-refractivity contribution in [2.75, 3.05) is 26.4 Å². The smallest absolute Gasteiger partial charge is 0.295 e. The van der Waals surface area contributed by atoms with Gasteiger partial charge in [-0.25, -0.2) is 4.98 Å². The van der Waals surface area contributed by atoms with E-state index in [4.69, 9.17) is 14.2 Å². The summed E-state index contributed by atoms with van der Waals surface area (Å²) in [6.45, 7) is 7.97. The maximum Gasteiger partial charge on any atom is 0.295 e. The van der Waals surface area contributed by atoms with Crippen molar-refractivity contribution in [3.63, 3.8) is 0 Å². The average Bonchev–Trinajstić information content (AvgIpc) is 3.52. The minimum Gasteiger partial charge on any atom is -0.507 e. The van der Waals surface area contributed by atoms with Crippen molar-refractivity contribution < 1.29 is 28.9 Å². The first-order valence-corrected chi connectivity index (χ1v) is 12.8. The summed E-state index contributed by atoms with van der Waals surface area (Å²) in [5.74, 6) is 0.114. The number of ether oxygens (including phenoxy) is 3. The third-order valence-electron chi connectivity index (χ3n) is 6.24. The van der Waals surface area contributed by atoms with Crippen molar-refractivity contribution in [2.45, 2.75) is 39.8 Å². The Labute approximate surface area is 222 Å². The van der Waals surface area contributed by atoms with Gasteiger partial charge < -0.3 is 28.8 Å². The number of imidazole rings is 1. The summed E-state index contributed by atoms with van der Waals surface area (Å²) in [5.41, 5.74) is 1.10. The van der Waals surface area contributed by atoms with Crippen LogP contribution in [0.1, 0.15) is 44.4 Å². The largest absolute Gasteiger partial charge is 0.507 e. The Balaban J connectivity index is 1.76. The number of nitrogens with zero attached hydrogens (tertiary/aromatic N) is 3. The number of aliphatic hydroxyl groups excluding tert-OH is 1. The lowest BCUT2D eigenvalue weighted by Gasteiger charge is -2.26. The fourth-order valence-electron chi connectivity index (χ4n) is 4.57. The molecule has 1 N–H and O–H groups in total. The van der Waals surface area contributed by atoms with Gasteiger partial charge in [0.2, 0.25) is 0 Å². The van der Waals surface area contributed by atoms with Crippen LogP contribution in [-0.4, -0.2) is 57.6 Å². The van der Waals surface area contributed by atoms with E-state index in [1.807, 2.05) is 31.5 Å². The van der Waals surface area contributed by atoms with E-state index in [9.17, 15) is 14.7 Å². The van der Waals surface area contributed by atoms with Crippen LogP contribution < -0.4 is 14.2 Å². The highest BCUT2D eigenvalue weighted by Crippen LogP contribution is 2.42. The maximum absolute atomic E-state index is 13.4. The maximum atomic E-state index is 13.4. The summed E-state index contributed by atoms with van der Waals surface area (Å²) < 4.78 is 18.9. The fraction of sp³-hybridized carbons (Fsp3) is 0.345. The molecule has 9 heteroatoms. The Kier molecular flexibility index (Phi) is 8.68. The van der Waals surface area contributed by atoms with Crippen LogP contribution in [0.2, 0.25) is 0 Å². The quantitative estimate of drug-likeness (QED) is 0.212. The van der Waals surface area contributed by atoms with E-state index < -0.39 is 17.7 Å². The lowest BCUT2D eigenvalue weighted by atomic mass is 9.95. The van der Waals surface area contributed by atoms with Gasteiger partial charge in [0.05, 0.1) is 37.8 Å². The first kappa shape index (κ1) is 26.8. The van der Waals surface area contributed by atoms with Crippen LogP contribution in [0.25, 0.3) is 5.76 Å². The zero-order valence-electron chi connectivity index (χ0n) is 21.9. The molecule has 1 atom stereocenters. The van der Waals surface area contributed by atoms with E-state index in [1.54, 1.807) is 55.0 Å². The number of rotatable bonds is 12. The van der Waals surface area contributed by atoms with E-state index in [0.29, 0.717) is 67.7 Å². The van der Waals surface area contributed by atoms with Crippen LogP contribution in [0.3, 0.4) is 0 Å². The Hall–Kier alpha value is -4.27. The predicted octanol–water partition coefficient (Wildman–Crippen LogP) is 4.59. The zero-order chi connectivity index (χ0) is 27.1. The lowest BCUT2D eigenvalue weighted by molar-refractivity contribution is -0.139. The lowest BCUT2D eigenvalue weighted by Crippen LogP contribution is -2.31. The highest BCUT2D eigenvalue weighted by Gasteiger charge is 2.46. The van der Waals surface area contributed by atoms with E-state index >= 15 is 0 Å². The van der Waals surface area contributed by atoms with E-state index in [0.717, 1.165) is 0 Å².